The third-order valence-electron chi connectivity index (χ3n) is 10.7. The van der Waals surface area contributed by atoms with Crippen LogP contribution in [-0.2, 0) is 0 Å². The van der Waals surface area contributed by atoms with Gasteiger partial charge in [0, 0.05) is 58.6 Å². The molecule has 8 aromatic carbocycles. The Morgan fingerprint density at radius 2 is 0.825 bits per heavy atom. The standard InChI is InChI=1S/C52H32N4S/c1-4-14-33(15-5-1)39-21-12-24-43-47(39)44-32-38(30-31-45(44)53-48(43)35-16-6-2-7-17-35)52-55-50(36-18-8-3-9-19-36)54-51(56-52)37-28-26-34(27-29-37)40-22-13-23-42-41-20-10-11-25-46(41)57-49(40)42/h1-32H. The highest BCUT2D eigenvalue weighted by atomic mass is 32.1. The molecule has 0 atom stereocenters. The van der Waals surface area contributed by atoms with E-state index in [4.69, 9.17) is 19.9 Å². The van der Waals surface area contributed by atoms with Gasteiger partial charge in [-0.2, -0.15) is 0 Å². The van der Waals surface area contributed by atoms with Gasteiger partial charge in [-0.3, -0.25) is 0 Å². The molecule has 0 spiro atoms. The molecule has 0 saturated heterocycles. The molecule has 11 rings (SSSR count). The van der Waals surface area contributed by atoms with E-state index in [9.17, 15) is 0 Å². The number of hydrogen-bond donors (Lipinski definition) is 0. The van der Waals surface area contributed by atoms with Crippen LogP contribution in [0.25, 0.3) is 110 Å². The average Bonchev–Trinajstić information content (AvgIpc) is 3.68. The maximum Gasteiger partial charge on any atom is 0.164 e. The van der Waals surface area contributed by atoms with Crippen molar-refractivity contribution in [3.63, 3.8) is 0 Å². The lowest BCUT2D eigenvalue weighted by atomic mass is 9.92. The zero-order chi connectivity index (χ0) is 37.7. The second kappa shape index (κ2) is 13.7. The molecule has 0 aliphatic heterocycles. The Kier molecular flexibility index (Phi) is 7.97. The van der Waals surface area contributed by atoms with Crippen molar-refractivity contribution in [1.82, 2.24) is 19.9 Å². The van der Waals surface area contributed by atoms with Crippen LogP contribution >= 0.6 is 11.3 Å². The second-order valence-electron chi connectivity index (χ2n) is 14.2. The van der Waals surface area contributed by atoms with Gasteiger partial charge in [0.15, 0.2) is 17.5 Å². The van der Waals surface area contributed by atoms with Crippen molar-refractivity contribution in [3.05, 3.63) is 194 Å². The van der Waals surface area contributed by atoms with Gasteiger partial charge in [-0.15, -0.1) is 11.3 Å². The molecule has 0 radical (unpaired) electrons. The molecule has 57 heavy (non-hydrogen) atoms. The zero-order valence-corrected chi connectivity index (χ0v) is 31.5. The van der Waals surface area contributed by atoms with Crippen LogP contribution in [0.3, 0.4) is 0 Å². The van der Waals surface area contributed by atoms with Gasteiger partial charge in [0.2, 0.25) is 0 Å². The van der Waals surface area contributed by atoms with E-state index in [1.807, 2.05) is 47.7 Å². The lowest BCUT2D eigenvalue weighted by Gasteiger charge is -2.15. The van der Waals surface area contributed by atoms with E-state index in [0.717, 1.165) is 66.3 Å². The lowest BCUT2D eigenvalue weighted by Crippen LogP contribution is -2.00. The highest BCUT2D eigenvalue weighted by molar-refractivity contribution is 7.26. The maximum atomic E-state index is 5.29. The molecule has 0 amide bonds. The highest BCUT2D eigenvalue weighted by Gasteiger charge is 2.18. The number of hydrogen-bond acceptors (Lipinski definition) is 5. The van der Waals surface area contributed by atoms with E-state index in [-0.39, 0.29) is 0 Å². The molecule has 0 aliphatic rings. The van der Waals surface area contributed by atoms with Crippen LogP contribution in [0.1, 0.15) is 0 Å². The number of aromatic nitrogens is 4. The molecule has 0 saturated carbocycles. The first-order chi connectivity index (χ1) is 28.2. The van der Waals surface area contributed by atoms with Gasteiger partial charge in [0.1, 0.15) is 0 Å². The first-order valence-corrected chi connectivity index (χ1v) is 19.9. The number of nitrogens with zero attached hydrogens (tertiary/aromatic N) is 4. The molecule has 0 N–H and O–H groups in total. The van der Waals surface area contributed by atoms with Gasteiger partial charge in [0.25, 0.3) is 0 Å². The molecule has 0 fully saturated rings. The Bertz CT molecular complexity index is 3270. The Hall–Kier alpha value is -7.34. The van der Waals surface area contributed by atoms with Crippen molar-refractivity contribution in [2.75, 3.05) is 0 Å². The first-order valence-electron chi connectivity index (χ1n) is 19.1. The van der Waals surface area contributed by atoms with Gasteiger partial charge < -0.3 is 0 Å². The fourth-order valence-corrected chi connectivity index (χ4v) is 9.23. The fourth-order valence-electron chi connectivity index (χ4n) is 7.99. The molecule has 0 aliphatic carbocycles. The number of thiophene rings is 1. The summed E-state index contributed by atoms with van der Waals surface area (Å²) in [5.74, 6) is 1.86. The molecular formula is C52H32N4S. The average molecular weight is 745 g/mol. The van der Waals surface area contributed by atoms with Gasteiger partial charge in [0.05, 0.1) is 11.2 Å². The molecular weight excluding hydrogens is 713 g/mol. The normalized spacial score (nSPS) is 11.5. The second-order valence-corrected chi connectivity index (χ2v) is 15.2. The van der Waals surface area contributed by atoms with Crippen LogP contribution in [0.2, 0.25) is 0 Å². The van der Waals surface area contributed by atoms with Gasteiger partial charge >= 0.3 is 0 Å². The monoisotopic (exact) mass is 744 g/mol. The molecule has 5 heteroatoms. The summed E-state index contributed by atoms with van der Waals surface area (Å²) in [5.41, 5.74) is 10.4. The molecule has 3 heterocycles. The first kappa shape index (κ1) is 33.0. The number of fused-ring (bicyclic) bond motifs is 6. The smallest absolute Gasteiger partial charge is 0.164 e. The molecule has 3 aromatic heterocycles. The SMILES string of the molecule is c1ccc(-c2nc(-c3ccc(-c4cccc5c4sc4ccccc45)cc3)nc(-c3ccc4nc(-c5ccccc5)c5cccc(-c6ccccc6)c5c4c3)n2)cc1. The molecule has 0 bridgehead atoms. The van der Waals surface area contributed by atoms with Crippen LogP contribution in [-0.4, -0.2) is 19.9 Å². The summed E-state index contributed by atoms with van der Waals surface area (Å²) in [6.07, 6.45) is 0. The quantitative estimate of drug-likeness (QED) is 0.159. The van der Waals surface area contributed by atoms with Crippen molar-refractivity contribution in [2.45, 2.75) is 0 Å². The van der Waals surface area contributed by atoms with Crippen molar-refractivity contribution in [2.24, 2.45) is 0 Å². The van der Waals surface area contributed by atoms with E-state index in [1.54, 1.807) is 0 Å². The van der Waals surface area contributed by atoms with Crippen LogP contribution in [0.4, 0.5) is 0 Å². The Morgan fingerprint density at radius 3 is 1.54 bits per heavy atom. The molecule has 266 valence electrons. The van der Waals surface area contributed by atoms with Crippen molar-refractivity contribution in [3.8, 4) is 67.7 Å². The summed E-state index contributed by atoms with van der Waals surface area (Å²) in [5, 5.41) is 5.88. The van der Waals surface area contributed by atoms with E-state index in [2.05, 4.69) is 158 Å². The minimum atomic E-state index is 0.609. The van der Waals surface area contributed by atoms with E-state index < -0.39 is 0 Å². The zero-order valence-electron chi connectivity index (χ0n) is 30.7. The Balaban J connectivity index is 1.08. The van der Waals surface area contributed by atoms with E-state index in [1.165, 1.54) is 25.7 Å². The van der Waals surface area contributed by atoms with Crippen LogP contribution in [0.5, 0.6) is 0 Å². The molecule has 0 unspecified atom stereocenters. The fraction of sp³-hybridized carbons (Fsp3) is 0. The summed E-state index contributed by atoms with van der Waals surface area (Å²) >= 11 is 1.85. The van der Waals surface area contributed by atoms with Crippen molar-refractivity contribution in [1.29, 1.82) is 0 Å². The third kappa shape index (κ3) is 5.84. The number of benzene rings is 8. The van der Waals surface area contributed by atoms with Crippen LogP contribution < -0.4 is 0 Å². The van der Waals surface area contributed by atoms with E-state index in [0.29, 0.717) is 17.5 Å². The Morgan fingerprint density at radius 1 is 0.316 bits per heavy atom. The summed E-state index contributed by atoms with van der Waals surface area (Å²) in [7, 11) is 0. The van der Waals surface area contributed by atoms with Crippen molar-refractivity contribution < 1.29 is 0 Å². The third-order valence-corrected chi connectivity index (χ3v) is 12.0. The molecule has 11 aromatic rings. The Labute approximate surface area is 333 Å². The lowest BCUT2D eigenvalue weighted by molar-refractivity contribution is 1.07. The summed E-state index contributed by atoms with van der Waals surface area (Å²) < 4.78 is 2.60. The minimum absolute atomic E-state index is 0.609. The van der Waals surface area contributed by atoms with E-state index >= 15 is 0 Å². The predicted octanol–water partition coefficient (Wildman–Crippen LogP) is 13.9. The van der Waals surface area contributed by atoms with Crippen molar-refractivity contribution >= 4 is 53.2 Å². The summed E-state index contributed by atoms with van der Waals surface area (Å²) in [6.45, 7) is 0. The van der Waals surface area contributed by atoms with Crippen LogP contribution in [0, 0.1) is 0 Å². The highest BCUT2D eigenvalue weighted by Crippen LogP contribution is 2.42. The summed E-state index contributed by atoms with van der Waals surface area (Å²) in [6, 6.07) is 68.0. The van der Waals surface area contributed by atoms with Gasteiger partial charge in [-0.1, -0.05) is 170 Å². The predicted molar refractivity (Wildman–Crippen MR) is 238 cm³/mol. The maximum absolute atomic E-state index is 5.29. The van der Waals surface area contributed by atoms with Gasteiger partial charge in [-0.05, 0) is 46.5 Å². The largest absolute Gasteiger partial charge is 0.247 e. The van der Waals surface area contributed by atoms with Gasteiger partial charge in [-0.25, -0.2) is 19.9 Å². The number of pyridine rings is 1. The summed E-state index contributed by atoms with van der Waals surface area (Å²) in [4.78, 5) is 20.6. The number of rotatable bonds is 6. The van der Waals surface area contributed by atoms with Crippen LogP contribution in [0.15, 0.2) is 194 Å². The topological polar surface area (TPSA) is 51.6 Å². The molecule has 4 nitrogen and oxygen atoms in total. The minimum Gasteiger partial charge on any atom is -0.247 e.